The van der Waals surface area contributed by atoms with Crippen molar-refractivity contribution < 1.29 is 9.59 Å². The molecule has 0 radical (unpaired) electrons. The second-order valence-electron chi connectivity index (χ2n) is 5.55. The summed E-state index contributed by atoms with van der Waals surface area (Å²) in [6.07, 6.45) is 0.713. The molecule has 0 spiro atoms. The molecule has 0 saturated carbocycles. The number of nitrogens with zero attached hydrogens (tertiary/aromatic N) is 1. The van der Waals surface area contributed by atoms with E-state index in [1.54, 1.807) is 4.90 Å². The number of carbonyl (C=O) groups is 2. The van der Waals surface area contributed by atoms with Crippen molar-refractivity contribution in [3.63, 3.8) is 0 Å². The molecule has 2 aromatic carbocycles. The fraction of sp³-hybridized carbons (Fsp3) is 0.222. The number of hydrogen-bond acceptors (Lipinski definition) is 2. The number of benzene rings is 2. The number of carbonyl (C=O) groups excluding carboxylic acids is 2. The van der Waals surface area contributed by atoms with Gasteiger partial charge in [-0.3, -0.25) is 10.1 Å². The highest BCUT2D eigenvalue weighted by Gasteiger charge is 2.41. The minimum atomic E-state index is -0.549. The first kappa shape index (κ1) is 14.3. The first-order chi connectivity index (χ1) is 10.7. The Morgan fingerprint density at radius 3 is 2.23 bits per heavy atom. The molecule has 112 valence electrons. The first-order valence-electron chi connectivity index (χ1n) is 7.39. The smallest absolute Gasteiger partial charge is 0.305 e. The molecule has 4 nitrogen and oxygen atoms in total. The van der Waals surface area contributed by atoms with Crippen LogP contribution in [0.5, 0.6) is 0 Å². The lowest BCUT2D eigenvalue weighted by molar-refractivity contribution is -0.121. The quantitative estimate of drug-likeness (QED) is 0.881. The number of urea groups is 1. The maximum atomic E-state index is 12.2. The Balaban J connectivity index is 1.86. The molecule has 4 heteroatoms. The van der Waals surface area contributed by atoms with Crippen molar-refractivity contribution in [2.24, 2.45) is 0 Å². The predicted molar refractivity (Wildman–Crippen MR) is 84.2 cm³/mol. The SMILES string of the molecule is C[C@H](Cc1ccccc1)N1C(=O)NC(=O)[C@H]1c1ccccc1. The molecule has 1 aliphatic heterocycles. The largest absolute Gasteiger partial charge is 0.325 e. The van der Waals surface area contributed by atoms with Crippen LogP contribution in [-0.2, 0) is 11.2 Å². The molecule has 0 unspecified atom stereocenters. The van der Waals surface area contributed by atoms with Gasteiger partial charge in [0.1, 0.15) is 6.04 Å². The Morgan fingerprint density at radius 2 is 1.59 bits per heavy atom. The zero-order chi connectivity index (χ0) is 15.5. The third-order valence-corrected chi connectivity index (χ3v) is 3.96. The van der Waals surface area contributed by atoms with Gasteiger partial charge in [0.2, 0.25) is 0 Å². The van der Waals surface area contributed by atoms with Crippen molar-refractivity contribution in [3.05, 3.63) is 71.8 Å². The van der Waals surface area contributed by atoms with Crippen LogP contribution in [0.3, 0.4) is 0 Å². The molecule has 3 amide bonds. The molecule has 1 saturated heterocycles. The van der Waals surface area contributed by atoms with Crippen molar-refractivity contribution in [3.8, 4) is 0 Å². The standard InChI is InChI=1S/C18H18N2O2/c1-13(12-14-8-4-2-5-9-14)20-16(17(21)19-18(20)22)15-10-6-3-7-11-15/h2-11,13,16H,12H2,1H3,(H,19,21,22)/t13-,16-/m1/s1. The van der Waals surface area contributed by atoms with E-state index in [0.29, 0.717) is 6.42 Å². The lowest BCUT2D eigenvalue weighted by atomic mass is 10.0. The highest BCUT2D eigenvalue weighted by molar-refractivity contribution is 6.04. The minimum absolute atomic E-state index is 0.0703. The molecule has 1 N–H and O–H groups in total. The number of imide groups is 1. The molecule has 22 heavy (non-hydrogen) atoms. The Morgan fingerprint density at radius 1 is 1.00 bits per heavy atom. The fourth-order valence-corrected chi connectivity index (χ4v) is 2.94. The van der Waals surface area contributed by atoms with E-state index in [0.717, 1.165) is 11.1 Å². The zero-order valence-electron chi connectivity index (χ0n) is 12.4. The minimum Gasteiger partial charge on any atom is -0.305 e. The summed E-state index contributed by atoms with van der Waals surface area (Å²) in [5.41, 5.74) is 1.99. The van der Waals surface area contributed by atoms with Crippen LogP contribution >= 0.6 is 0 Å². The molecule has 2 atom stereocenters. The zero-order valence-corrected chi connectivity index (χ0v) is 12.4. The van der Waals surface area contributed by atoms with Gasteiger partial charge in [0.15, 0.2) is 0 Å². The fourth-order valence-electron chi connectivity index (χ4n) is 2.94. The second kappa shape index (κ2) is 6.02. The van der Waals surface area contributed by atoms with Gasteiger partial charge in [-0.2, -0.15) is 0 Å². The van der Waals surface area contributed by atoms with Crippen LogP contribution in [0, 0.1) is 0 Å². The lowest BCUT2D eigenvalue weighted by Crippen LogP contribution is -2.39. The first-order valence-corrected chi connectivity index (χ1v) is 7.39. The number of amides is 3. The van der Waals surface area contributed by atoms with Crippen molar-refractivity contribution in [2.75, 3.05) is 0 Å². The average Bonchev–Trinajstić information content (AvgIpc) is 2.83. The summed E-state index contributed by atoms with van der Waals surface area (Å²) in [5.74, 6) is -0.254. The molecule has 1 aliphatic rings. The number of hydrogen-bond donors (Lipinski definition) is 1. The van der Waals surface area contributed by atoms with Crippen LogP contribution < -0.4 is 5.32 Å². The molecule has 0 bridgehead atoms. The van der Waals surface area contributed by atoms with Crippen LogP contribution in [0.2, 0.25) is 0 Å². The van der Waals surface area contributed by atoms with E-state index in [1.165, 1.54) is 0 Å². The van der Waals surface area contributed by atoms with E-state index in [9.17, 15) is 9.59 Å². The molecule has 3 rings (SSSR count). The highest BCUT2D eigenvalue weighted by Crippen LogP contribution is 2.28. The van der Waals surface area contributed by atoms with E-state index in [1.807, 2.05) is 67.6 Å². The summed E-state index contributed by atoms with van der Waals surface area (Å²) in [5, 5.41) is 2.43. The van der Waals surface area contributed by atoms with E-state index in [4.69, 9.17) is 0 Å². The summed E-state index contributed by atoms with van der Waals surface area (Å²) < 4.78 is 0. The second-order valence-corrected chi connectivity index (χ2v) is 5.55. The van der Waals surface area contributed by atoms with Crippen molar-refractivity contribution in [1.29, 1.82) is 0 Å². The normalized spacial score (nSPS) is 19.1. The van der Waals surface area contributed by atoms with Gasteiger partial charge < -0.3 is 4.90 Å². The summed E-state index contributed by atoms with van der Waals surface area (Å²) in [7, 11) is 0. The Kier molecular flexibility index (Phi) is 3.92. The van der Waals surface area contributed by atoms with Crippen molar-refractivity contribution in [2.45, 2.75) is 25.4 Å². The lowest BCUT2D eigenvalue weighted by Gasteiger charge is -2.28. The van der Waals surface area contributed by atoms with E-state index in [-0.39, 0.29) is 18.0 Å². The van der Waals surface area contributed by atoms with Gasteiger partial charge in [-0.1, -0.05) is 60.7 Å². The van der Waals surface area contributed by atoms with Crippen LogP contribution in [0.15, 0.2) is 60.7 Å². The highest BCUT2D eigenvalue weighted by atomic mass is 16.2. The van der Waals surface area contributed by atoms with Crippen LogP contribution in [-0.4, -0.2) is 22.9 Å². The third-order valence-electron chi connectivity index (χ3n) is 3.96. The summed E-state index contributed by atoms with van der Waals surface area (Å²) in [6.45, 7) is 1.97. The molecular formula is C18H18N2O2. The van der Waals surface area contributed by atoms with Gasteiger partial charge in [-0.25, -0.2) is 4.79 Å². The monoisotopic (exact) mass is 294 g/mol. The van der Waals surface area contributed by atoms with Crippen molar-refractivity contribution in [1.82, 2.24) is 10.2 Å². The van der Waals surface area contributed by atoms with Crippen molar-refractivity contribution >= 4 is 11.9 Å². The van der Waals surface area contributed by atoms with Gasteiger partial charge in [0, 0.05) is 6.04 Å². The Hall–Kier alpha value is -2.62. The van der Waals surface area contributed by atoms with Crippen LogP contribution in [0.25, 0.3) is 0 Å². The van der Waals surface area contributed by atoms with Gasteiger partial charge in [0.25, 0.3) is 5.91 Å². The molecule has 1 heterocycles. The summed E-state index contributed by atoms with van der Waals surface area (Å²) >= 11 is 0. The third kappa shape index (κ3) is 2.72. The summed E-state index contributed by atoms with van der Waals surface area (Å²) in [6, 6.07) is 18.5. The van der Waals surface area contributed by atoms with Gasteiger partial charge in [-0.15, -0.1) is 0 Å². The number of rotatable bonds is 4. The topological polar surface area (TPSA) is 49.4 Å². The molecular weight excluding hydrogens is 276 g/mol. The van der Waals surface area contributed by atoms with Gasteiger partial charge in [-0.05, 0) is 24.5 Å². The molecule has 0 aromatic heterocycles. The van der Waals surface area contributed by atoms with E-state index < -0.39 is 6.04 Å². The van der Waals surface area contributed by atoms with Crippen LogP contribution in [0.1, 0.15) is 24.1 Å². The Labute approximate surface area is 129 Å². The van der Waals surface area contributed by atoms with Gasteiger partial charge in [0.05, 0.1) is 0 Å². The predicted octanol–water partition coefficient (Wildman–Crippen LogP) is 2.91. The molecule has 1 fully saturated rings. The maximum absolute atomic E-state index is 12.2. The van der Waals surface area contributed by atoms with Crippen LogP contribution in [0.4, 0.5) is 4.79 Å². The van der Waals surface area contributed by atoms with E-state index >= 15 is 0 Å². The Bertz CT molecular complexity index is 670. The van der Waals surface area contributed by atoms with E-state index in [2.05, 4.69) is 5.32 Å². The maximum Gasteiger partial charge on any atom is 0.325 e. The van der Waals surface area contributed by atoms with Gasteiger partial charge >= 0.3 is 6.03 Å². The summed E-state index contributed by atoms with van der Waals surface area (Å²) in [4.78, 5) is 26.0. The molecule has 2 aromatic rings. The number of nitrogens with one attached hydrogen (secondary N) is 1. The molecule has 0 aliphatic carbocycles. The average molecular weight is 294 g/mol.